The summed E-state index contributed by atoms with van der Waals surface area (Å²) in [7, 11) is 0. The van der Waals surface area contributed by atoms with E-state index in [0.717, 1.165) is 6.42 Å². The number of rotatable bonds is 4. The van der Waals surface area contributed by atoms with Crippen LogP contribution in [-0.4, -0.2) is 29.8 Å². The van der Waals surface area contributed by atoms with Crippen LogP contribution in [0.15, 0.2) is 0 Å². The number of hydrogen-bond donors (Lipinski definition) is 2. The fourth-order valence-electron chi connectivity index (χ4n) is 1.98. The summed E-state index contributed by atoms with van der Waals surface area (Å²) >= 11 is 5.42. The number of hydrogen-bond acceptors (Lipinski definition) is 2. The third-order valence-electron chi connectivity index (χ3n) is 2.01. The molecule has 0 unspecified atom stereocenters. The van der Waals surface area contributed by atoms with E-state index in [2.05, 4.69) is 31.4 Å². The summed E-state index contributed by atoms with van der Waals surface area (Å²) in [5.74, 6) is -0.943. The van der Waals surface area contributed by atoms with E-state index >= 15 is 0 Å². The van der Waals surface area contributed by atoms with Crippen molar-refractivity contribution in [3.8, 4) is 0 Å². The number of halogens is 1. The van der Waals surface area contributed by atoms with Crippen LogP contribution < -0.4 is 10.6 Å². The molecule has 0 aromatic heterocycles. The van der Waals surface area contributed by atoms with Crippen LogP contribution >= 0.6 is 11.6 Å². The first-order valence-electron chi connectivity index (χ1n) is 5.74. The molecule has 17 heavy (non-hydrogen) atoms. The van der Waals surface area contributed by atoms with Gasteiger partial charge in [0.2, 0.25) is 0 Å². The van der Waals surface area contributed by atoms with Crippen molar-refractivity contribution in [2.75, 3.05) is 12.4 Å². The summed E-state index contributed by atoms with van der Waals surface area (Å²) in [6.07, 6.45) is 0.786. The molecule has 2 amide bonds. The van der Waals surface area contributed by atoms with E-state index in [1.807, 2.05) is 13.8 Å². The van der Waals surface area contributed by atoms with Crippen molar-refractivity contribution in [2.45, 2.75) is 46.6 Å². The number of nitrogens with one attached hydrogen (secondary N) is 2. The van der Waals surface area contributed by atoms with Gasteiger partial charge in [-0.1, -0.05) is 20.8 Å². The zero-order chi connectivity index (χ0) is 13.7. The molecule has 0 bridgehead atoms. The Labute approximate surface area is 108 Å². The lowest BCUT2D eigenvalue weighted by atomic mass is 9.82. The molecule has 0 rings (SSSR count). The molecule has 0 fully saturated rings. The van der Waals surface area contributed by atoms with Crippen LogP contribution in [0.3, 0.4) is 0 Å². The number of carbonyl (C=O) groups is 2. The van der Waals surface area contributed by atoms with Crippen molar-refractivity contribution in [1.29, 1.82) is 0 Å². The van der Waals surface area contributed by atoms with Crippen LogP contribution in [0.25, 0.3) is 0 Å². The lowest BCUT2D eigenvalue weighted by Crippen LogP contribution is -2.51. The first-order chi connectivity index (χ1) is 7.57. The maximum atomic E-state index is 11.6. The Bertz CT molecular complexity index is 283. The second-order valence-electron chi connectivity index (χ2n) is 6.02. The summed E-state index contributed by atoms with van der Waals surface area (Å²) in [5, 5.41) is 5.16. The zero-order valence-corrected chi connectivity index (χ0v) is 12.1. The van der Waals surface area contributed by atoms with Gasteiger partial charge in [0.25, 0.3) is 0 Å². The molecule has 0 saturated carbocycles. The van der Waals surface area contributed by atoms with Gasteiger partial charge in [0.15, 0.2) is 0 Å². The van der Waals surface area contributed by atoms with Gasteiger partial charge in [-0.15, -0.1) is 11.6 Å². The fraction of sp³-hybridized carbons (Fsp3) is 0.833. The zero-order valence-electron chi connectivity index (χ0n) is 11.3. The molecule has 0 atom stereocenters. The first-order valence-corrected chi connectivity index (χ1v) is 6.27. The predicted molar refractivity (Wildman–Crippen MR) is 70.0 cm³/mol. The van der Waals surface area contributed by atoms with E-state index in [1.54, 1.807) is 0 Å². The molecule has 0 spiro atoms. The summed E-state index contributed by atoms with van der Waals surface area (Å²) in [5.41, 5.74) is -0.322. The Kier molecular flexibility index (Phi) is 5.96. The SMILES string of the molecule is CC(C)(C)CC(C)(C)NC(=O)C(=O)NCCCl. The van der Waals surface area contributed by atoms with E-state index in [-0.39, 0.29) is 5.41 Å². The Hall–Kier alpha value is -0.770. The molecule has 0 aliphatic carbocycles. The highest BCUT2D eigenvalue weighted by molar-refractivity contribution is 6.35. The van der Waals surface area contributed by atoms with Crippen molar-refractivity contribution < 1.29 is 9.59 Å². The van der Waals surface area contributed by atoms with Crippen molar-refractivity contribution in [1.82, 2.24) is 10.6 Å². The predicted octanol–water partition coefficient (Wildman–Crippen LogP) is 1.67. The van der Waals surface area contributed by atoms with Gasteiger partial charge in [0.1, 0.15) is 0 Å². The van der Waals surface area contributed by atoms with Gasteiger partial charge >= 0.3 is 11.8 Å². The second kappa shape index (κ2) is 6.24. The molecule has 100 valence electrons. The van der Waals surface area contributed by atoms with Crippen LogP contribution in [0, 0.1) is 5.41 Å². The Balaban J connectivity index is 4.31. The topological polar surface area (TPSA) is 58.2 Å². The van der Waals surface area contributed by atoms with Gasteiger partial charge in [0.05, 0.1) is 0 Å². The molecule has 0 saturated heterocycles. The standard InChI is InChI=1S/C12H23ClN2O2/c1-11(2,3)8-12(4,5)15-10(17)9(16)14-7-6-13/h6-8H2,1-5H3,(H,14,16)(H,15,17). The van der Waals surface area contributed by atoms with Gasteiger partial charge in [-0.3, -0.25) is 9.59 Å². The highest BCUT2D eigenvalue weighted by Crippen LogP contribution is 2.26. The Morgan fingerprint density at radius 1 is 1.06 bits per heavy atom. The number of amides is 2. The van der Waals surface area contributed by atoms with Crippen LogP contribution in [0.5, 0.6) is 0 Å². The number of carbonyl (C=O) groups excluding carboxylic acids is 2. The van der Waals surface area contributed by atoms with Crippen LogP contribution in [-0.2, 0) is 9.59 Å². The van der Waals surface area contributed by atoms with E-state index < -0.39 is 17.4 Å². The van der Waals surface area contributed by atoms with Crippen molar-refractivity contribution in [3.63, 3.8) is 0 Å². The molecule has 5 heteroatoms. The first kappa shape index (κ1) is 16.2. The highest BCUT2D eigenvalue weighted by atomic mass is 35.5. The molecule has 4 nitrogen and oxygen atoms in total. The highest BCUT2D eigenvalue weighted by Gasteiger charge is 2.28. The molecule has 0 heterocycles. The fourth-order valence-corrected chi connectivity index (χ4v) is 2.07. The van der Waals surface area contributed by atoms with Crippen LogP contribution in [0.2, 0.25) is 0 Å². The van der Waals surface area contributed by atoms with Gasteiger partial charge in [-0.25, -0.2) is 0 Å². The minimum Gasteiger partial charge on any atom is -0.347 e. The van der Waals surface area contributed by atoms with E-state index in [4.69, 9.17) is 11.6 Å². The minimum atomic E-state index is -0.632. The average Bonchev–Trinajstić information content (AvgIpc) is 2.08. The summed E-state index contributed by atoms with van der Waals surface area (Å²) in [4.78, 5) is 22.9. The third kappa shape index (κ3) is 8.02. The van der Waals surface area contributed by atoms with E-state index in [1.165, 1.54) is 0 Å². The largest absolute Gasteiger partial charge is 0.347 e. The Morgan fingerprint density at radius 3 is 2.00 bits per heavy atom. The average molecular weight is 263 g/mol. The summed E-state index contributed by atoms with van der Waals surface area (Å²) < 4.78 is 0. The smallest absolute Gasteiger partial charge is 0.309 e. The van der Waals surface area contributed by atoms with Gasteiger partial charge in [-0.2, -0.15) is 0 Å². The third-order valence-corrected chi connectivity index (χ3v) is 2.20. The molecule has 0 aromatic carbocycles. The lowest BCUT2D eigenvalue weighted by Gasteiger charge is -2.33. The van der Waals surface area contributed by atoms with E-state index in [9.17, 15) is 9.59 Å². The molecule has 0 aromatic rings. The van der Waals surface area contributed by atoms with Gasteiger partial charge in [0, 0.05) is 18.0 Å². The molecule has 2 N–H and O–H groups in total. The maximum Gasteiger partial charge on any atom is 0.309 e. The molecular formula is C12H23ClN2O2. The van der Waals surface area contributed by atoms with Gasteiger partial charge in [-0.05, 0) is 25.7 Å². The van der Waals surface area contributed by atoms with Crippen molar-refractivity contribution in [2.24, 2.45) is 5.41 Å². The van der Waals surface area contributed by atoms with E-state index in [0.29, 0.717) is 12.4 Å². The van der Waals surface area contributed by atoms with Crippen LogP contribution in [0.1, 0.15) is 41.0 Å². The summed E-state index contributed by atoms with van der Waals surface area (Å²) in [6, 6.07) is 0. The van der Waals surface area contributed by atoms with Crippen molar-refractivity contribution in [3.05, 3.63) is 0 Å². The number of alkyl halides is 1. The minimum absolute atomic E-state index is 0.0867. The quantitative estimate of drug-likeness (QED) is 0.598. The molecule has 0 radical (unpaired) electrons. The van der Waals surface area contributed by atoms with Crippen molar-refractivity contribution >= 4 is 23.4 Å². The molecule has 0 aliphatic heterocycles. The maximum absolute atomic E-state index is 11.6. The van der Waals surface area contributed by atoms with Crippen LogP contribution in [0.4, 0.5) is 0 Å². The lowest BCUT2D eigenvalue weighted by molar-refractivity contribution is -0.140. The second-order valence-corrected chi connectivity index (χ2v) is 6.40. The Morgan fingerprint density at radius 2 is 1.59 bits per heavy atom. The molecule has 0 aliphatic rings. The molecular weight excluding hydrogens is 240 g/mol. The summed E-state index contributed by atoms with van der Waals surface area (Å²) in [6.45, 7) is 10.4. The normalized spacial score (nSPS) is 12.1. The monoisotopic (exact) mass is 262 g/mol. The van der Waals surface area contributed by atoms with Gasteiger partial charge < -0.3 is 10.6 Å².